The third-order valence-corrected chi connectivity index (χ3v) is 5.53. The Labute approximate surface area is 168 Å². The molecule has 0 aromatic heterocycles. The minimum Gasteiger partial charge on any atom is -0.395 e. The van der Waals surface area contributed by atoms with Crippen molar-refractivity contribution in [1.82, 2.24) is 4.90 Å². The Balaban J connectivity index is 1.72. The van der Waals surface area contributed by atoms with Crippen molar-refractivity contribution >= 4 is 40.1 Å². The Morgan fingerprint density at radius 3 is 2.64 bits per heavy atom. The van der Waals surface area contributed by atoms with Gasteiger partial charge in [-0.1, -0.05) is 47.7 Å². The van der Waals surface area contributed by atoms with E-state index < -0.39 is 5.25 Å². The normalized spacial score (nSPS) is 18.0. The summed E-state index contributed by atoms with van der Waals surface area (Å²) in [5.41, 5.74) is 3.57. The number of carbonyl (C=O) groups excluding carboxylic acids is 2. The molecule has 0 unspecified atom stereocenters. The van der Waals surface area contributed by atoms with Crippen molar-refractivity contribution in [3.63, 3.8) is 0 Å². The summed E-state index contributed by atoms with van der Waals surface area (Å²) >= 11 is 1.26. The fourth-order valence-electron chi connectivity index (χ4n) is 2.97. The van der Waals surface area contributed by atoms with Crippen molar-refractivity contribution in [1.29, 1.82) is 0 Å². The minimum absolute atomic E-state index is 0.0482. The van der Waals surface area contributed by atoms with Gasteiger partial charge in [0, 0.05) is 12.1 Å². The van der Waals surface area contributed by atoms with Gasteiger partial charge in [0.1, 0.15) is 5.25 Å². The number of β-amino-alcohol motifs (C(OH)–C–C–N with tert-alkyl or cyclic N) is 1. The zero-order chi connectivity index (χ0) is 20.1. The number of nitrogens with zero attached hydrogens (tertiary/aromatic N) is 2. The maximum atomic E-state index is 12.7. The zero-order valence-corrected chi connectivity index (χ0v) is 16.7. The highest BCUT2D eigenvalue weighted by Crippen LogP contribution is 2.31. The summed E-state index contributed by atoms with van der Waals surface area (Å²) in [6, 6.07) is 15.1. The van der Waals surface area contributed by atoms with E-state index in [2.05, 4.69) is 10.3 Å². The topological polar surface area (TPSA) is 82.0 Å². The summed E-state index contributed by atoms with van der Waals surface area (Å²) < 4.78 is 0. The van der Waals surface area contributed by atoms with E-state index in [0.29, 0.717) is 5.17 Å². The lowest BCUT2D eigenvalue weighted by atomic mass is 10.1. The van der Waals surface area contributed by atoms with E-state index in [-0.39, 0.29) is 31.4 Å². The SMILES string of the molecule is Cc1ccc(NC(=O)C[C@H]2SC(=Nc3ccccc3)N(CCO)C2=O)c(C)c1. The van der Waals surface area contributed by atoms with Crippen molar-refractivity contribution in [3.8, 4) is 0 Å². The second-order valence-electron chi connectivity index (χ2n) is 6.62. The van der Waals surface area contributed by atoms with Crippen LogP contribution in [0.5, 0.6) is 0 Å². The second-order valence-corrected chi connectivity index (χ2v) is 7.79. The molecule has 1 aliphatic rings. The van der Waals surface area contributed by atoms with Gasteiger partial charge in [0.2, 0.25) is 11.8 Å². The van der Waals surface area contributed by atoms with E-state index in [0.717, 1.165) is 22.5 Å². The molecule has 0 radical (unpaired) electrons. The van der Waals surface area contributed by atoms with Crippen LogP contribution < -0.4 is 5.32 Å². The van der Waals surface area contributed by atoms with Crippen LogP contribution in [0.15, 0.2) is 53.5 Å². The number of anilines is 1. The number of aryl methyl sites for hydroxylation is 2. The predicted octanol–water partition coefficient (Wildman–Crippen LogP) is 3.26. The van der Waals surface area contributed by atoms with E-state index in [1.54, 1.807) is 0 Å². The molecule has 2 aromatic carbocycles. The highest BCUT2D eigenvalue weighted by molar-refractivity contribution is 8.15. The van der Waals surface area contributed by atoms with Crippen molar-refractivity contribution < 1.29 is 14.7 Å². The van der Waals surface area contributed by atoms with Crippen LogP contribution in [0.1, 0.15) is 17.5 Å². The van der Waals surface area contributed by atoms with Gasteiger partial charge >= 0.3 is 0 Å². The zero-order valence-electron chi connectivity index (χ0n) is 15.9. The molecular weight excluding hydrogens is 374 g/mol. The highest BCUT2D eigenvalue weighted by atomic mass is 32.2. The number of amides is 2. The van der Waals surface area contributed by atoms with E-state index in [1.165, 1.54) is 16.7 Å². The van der Waals surface area contributed by atoms with Crippen LogP contribution in [0, 0.1) is 13.8 Å². The number of para-hydroxylation sites is 1. The Bertz CT molecular complexity index is 899. The number of hydrogen-bond acceptors (Lipinski definition) is 5. The lowest BCUT2D eigenvalue weighted by Gasteiger charge is -2.14. The third-order valence-electron chi connectivity index (χ3n) is 4.35. The number of carbonyl (C=O) groups is 2. The van der Waals surface area contributed by atoms with Gasteiger partial charge in [0.05, 0.1) is 18.8 Å². The van der Waals surface area contributed by atoms with Crippen LogP contribution in [0.4, 0.5) is 11.4 Å². The Morgan fingerprint density at radius 2 is 1.96 bits per heavy atom. The lowest BCUT2D eigenvalue weighted by Crippen LogP contribution is -2.35. The van der Waals surface area contributed by atoms with Gasteiger partial charge < -0.3 is 10.4 Å². The fourth-order valence-corrected chi connectivity index (χ4v) is 4.15. The summed E-state index contributed by atoms with van der Waals surface area (Å²) in [6.45, 7) is 3.93. The van der Waals surface area contributed by atoms with Gasteiger partial charge in [0.15, 0.2) is 5.17 Å². The molecule has 0 spiro atoms. The van der Waals surface area contributed by atoms with Crippen LogP contribution >= 0.6 is 11.8 Å². The van der Waals surface area contributed by atoms with Crippen LogP contribution in [-0.4, -0.2) is 45.4 Å². The molecule has 2 amide bonds. The molecule has 2 aromatic rings. The molecule has 146 valence electrons. The van der Waals surface area contributed by atoms with Gasteiger partial charge in [-0.2, -0.15) is 0 Å². The van der Waals surface area contributed by atoms with E-state index in [1.807, 2.05) is 62.4 Å². The highest BCUT2D eigenvalue weighted by Gasteiger charge is 2.38. The molecule has 0 saturated carbocycles. The number of aliphatic imine (C=N–C) groups is 1. The first-order chi connectivity index (χ1) is 13.5. The molecule has 2 N–H and O–H groups in total. The molecule has 1 fully saturated rings. The number of aliphatic hydroxyl groups excluding tert-OH is 1. The van der Waals surface area contributed by atoms with Gasteiger partial charge in [-0.15, -0.1) is 0 Å². The van der Waals surface area contributed by atoms with Gasteiger partial charge in [-0.3, -0.25) is 14.5 Å². The molecule has 0 bridgehead atoms. The molecule has 0 aliphatic carbocycles. The summed E-state index contributed by atoms with van der Waals surface area (Å²) in [5.74, 6) is -0.424. The minimum atomic E-state index is -0.556. The van der Waals surface area contributed by atoms with Gasteiger partial charge in [-0.05, 0) is 37.6 Å². The predicted molar refractivity (Wildman–Crippen MR) is 113 cm³/mol. The number of hydrogen-bond donors (Lipinski definition) is 2. The smallest absolute Gasteiger partial charge is 0.242 e. The molecule has 28 heavy (non-hydrogen) atoms. The summed E-state index contributed by atoms with van der Waals surface area (Å²) in [6.07, 6.45) is 0.0482. The van der Waals surface area contributed by atoms with E-state index >= 15 is 0 Å². The average Bonchev–Trinajstić information content (AvgIpc) is 2.94. The monoisotopic (exact) mass is 397 g/mol. The lowest BCUT2D eigenvalue weighted by molar-refractivity contribution is -0.128. The summed E-state index contributed by atoms with van der Waals surface area (Å²) in [4.78, 5) is 31.2. The molecule has 7 heteroatoms. The maximum Gasteiger partial charge on any atom is 0.242 e. The number of rotatable bonds is 6. The fraction of sp³-hybridized carbons (Fsp3) is 0.286. The number of aliphatic hydroxyl groups is 1. The molecule has 1 saturated heterocycles. The molecular formula is C21H23N3O3S. The first-order valence-corrected chi connectivity index (χ1v) is 9.95. The molecule has 1 aliphatic heterocycles. The van der Waals surface area contributed by atoms with Crippen molar-refractivity contribution in [2.24, 2.45) is 4.99 Å². The third kappa shape index (κ3) is 4.79. The Morgan fingerprint density at radius 1 is 1.21 bits per heavy atom. The van der Waals surface area contributed by atoms with Crippen LogP contribution in [0.25, 0.3) is 0 Å². The van der Waals surface area contributed by atoms with Crippen LogP contribution in [0.2, 0.25) is 0 Å². The number of benzene rings is 2. The second kappa shape index (κ2) is 9.03. The van der Waals surface area contributed by atoms with Gasteiger partial charge in [0.25, 0.3) is 0 Å². The van der Waals surface area contributed by atoms with E-state index in [4.69, 9.17) is 0 Å². The van der Waals surface area contributed by atoms with Crippen LogP contribution in [-0.2, 0) is 9.59 Å². The average molecular weight is 398 g/mol. The first kappa shape index (κ1) is 20.1. The molecule has 1 heterocycles. The summed E-state index contributed by atoms with van der Waals surface area (Å²) in [7, 11) is 0. The van der Waals surface area contributed by atoms with E-state index in [9.17, 15) is 14.7 Å². The first-order valence-electron chi connectivity index (χ1n) is 9.07. The molecule has 1 atom stereocenters. The van der Waals surface area contributed by atoms with Crippen molar-refractivity contribution in [2.75, 3.05) is 18.5 Å². The van der Waals surface area contributed by atoms with Crippen LogP contribution in [0.3, 0.4) is 0 Å². The summed E-state index contributed by atoms with van der Waals surface area (Å²) in [5, 5.41) is 12.1. The number of amidine groups is 1. The Kier molecular flexibility index (Phi) is 6.49. The quantitative estimate of drug-likeness (QED) is 0.784. The molecule has 6 nitrogen and oxygen atoms in total. The largest absolute Gasteiger partial charge is 0.395 e. The standard InChI is InChI=1S/C21H23N3O3S/c1-14-8-9-17(15(2)12-14)23-19(26)13-18-20(27)24(10-11-25)21(28-18)22-16-6-4-3-5-7-16/h3-9,12,18,25H,10-11,13H2,1-2H3,(H,23,26)/t18-/m1/s1. The number of thioether (sulfide) groups is 1. The van der Waals surface area contributed by atoms with Gasteiger partial charge in [-0.25, -0.2) is 4.99 Å². The number of nitrogens with one attached hydrogen (secondary N) is 1. The molecule has 3 rings (SSSR count). The maximum absolute atomic E-state index is 12.7. The van der Waals surface area contributed by atoms with Crippen molar-refractivity contribution in [2.45, 2.75) is 25.5 Å². The Hall–Kier alpha value is -2.64. The van der Waals surface area contributed by atoms with Crippen molar-refractivity contribution in [3.05, 3.63) is 59.7 Å².